The number of sulfonamides is 1. The number of ether oxygens (including phenoxy) is 2. The van der Waals surface area contributed by atoms with E-state index in [-0.39, 0.29) is 22.1 Å². The summed E-state index contributed by atoms with van der Waals surface area (Å²) in [4.78, 5) is 24.2. The van der Waals surface area contributed by atoms with Crippen molar-refractivity contribution < 1.29 is 27.5 Å². The SMILES string of the molecule is CCCNC(=O)C1CN(S(=O)(=O)c2ccsc2C(=O)OC)c2ccccc2O1. The molecule has 1 aliphatic heterocycles. The Morgan fingerprint density at radius 2 is 2.07 bits per heavy atom. The number of methoxy groups -OCH3 is 1. The fourth-order valence-corrected chi connectivity index (χ4v) is 5.58. The highest BCUT2D eigenvalue weighted by atomic mass is 32.2. The van der Waals surface area contributed by atoms with Crippen molar-refractivity contribution in [1.29, 1.82) is 0 Å². The van der Waals surface area contributed by atoms with E-state index >= 15 is 0 Å². The second kappa shape index (κ2) is 8.19. The number of para-hydroxylation sites is 2. The van der Waals surface area contributed by atoms with Gasteiger partial charge >= 0.3 is 5.97 Å². The van der Waals surface area contributed by atoms with E-state index in [0.717, 1.165) is 22.1 Å². The molecule has 0 saturated carbocycles. The third kappa shape index (κ3) is 3.69. The van der Waals surface area contributed by atoms with Crippen molar-refractivity contribution in [1.82, 2.24) is 5.32 Å². The number of fused-ring (bicyclic) bond motifs is 1. The van der Waals surface area contributed by atoms with Crippen LogP contribution in [0.25, 0.3) is 0 Å². The van der Waals surface area contributed by atoms with E-state index in [4.69, 9.17) is 9.47 Å². The maximum atomic E-state index is 13.4. The number of nitrogens with one attached hydrogen (secondary N) is 1. The molecule has 1 atom stereocenters. The summed E-state index contributed by atoms with van der Waals surface area (Å²) in [5.74, 6) is -0.841. The van der Waals surface area contributed by atoms with E-state index in [1.807, 2.05) is 6.92 Å². The third-order valence-electron chi connectivity index (χ3n) is 4.14. The van der Waals surface area contributed by atoms with Gasteiger partial charge in [0.25, 0.3) is 15.9 Å². The van der Waals surface area contributed by atoms with Crippen LogP contribution in [-0.2, 0) is 19.6 Å². The molecule has 10 heteroatoms. The minimum atomic E-state index is -4.12. The molecule has 0 fully saturated rings. The number of rotatable bonds is 6. The van der Waals surface area contributed by atoms with E-state index in [9.17, 15) is 18.0 Å². The van der Waals surface area contributed by atoms with Gasteiger partial charge in [-0.2, -0.15) is 0 Å². The lowest BCUT2D eigenvalue weighted by atomic mass is 10.2. The molecule has 1 N–H and O–H groups in total. The van der Waals surface area contributed by atoms with Crippen LogP contribution in [0.5, 0.6) is 5.75 Å². The lowest BCUT2D eigenvalue weighted by molar-refractivity contribution is -0.127. The van der Waals surface area contributed by atoms with Crippen molar-refractivity contribution in [3.8, 4) is 5.75 Å². The maximum Gasteiger partial charge on any atom is 0.349 e. The molecule has 0 aliphatic carbocycles. The summed E-state index contributed by atoms with van der Waals surface area (Å²) in [5, 5.41) is 4.23. The first-order valence-corrected chi connectivity index (χ1v) is 10.9. The van der Waals surface area contributed by atoms with Gasteiger partial charge in [0.05, 0.1) is 19.3 Å². The molecule has 150 valence electrons. The van der Waals surface area contributed by atoms with Gasteiger partial charge < -0.3 is 14.8 Å². The molecular formula is C18H20N2O6S2. The summed E-state index contributed by atoms with van der Waals surface area (Å²) in [5.41, 5.74) is 0.309. The summed E-state index contributed by atoms with van der Waals surface area (Å²) < 4.78 is 38.3. The first kappa shape index (κ1) is 20.2. The molecule has 1 aliphatic rings. The van der Waals surface area contributed by atoms with Crippen LogP contribution in [0.15, 0.2) is 40.6 Å². The molecule has 2 heterocycles. The minimum Gasteiger partial charge on any atom is -0.476 e. The number of hydrogen-bond donors (Lipinski definition) is 1. The van der Waals surface area contributed by atoms with Crippen LogP contribution in [0, 0.1) is 0 Å². The number of carbonyl (C=O) groups is 2. The van der Waals surface area contributed by atoms with E-state index in [1.165, 1.54) is 18.6 Å². The van der Waals surface area contributed by atoms with E-state index in [0.29, 0.717) is 12.2 Å². The second-order valence-electron chi connectivity index (χ2n) is 6.01. The minimum absolute atomic E-state index is 0.0153. The van der Waals surface area contributed by atoms with Crippen molar-refractivity contribution in [3.63, 3.8) is 0 Å². The molecule has 28 heavy (non-hydrogen) atoms. The highest BCUT2D eigenvalue weighted by molar-refractivity contribution is 7.93. The average molecular weight is 425 g/mol. The Labute approximate surface area is 167 Å². The van der Waals surface area contributed by atoms with Gasteiger partial charge in [0.1, 0.15) is 15.5 Å². The van der Waals surface area contributed by atoms with Crippen LogP contribution in [0.1, 0.15) is 23.0 Å². The standard InChI is InChI=1S/C18H20N2O6S2/c1-3-9-19-17(21)14-11-20(12-6-4-5-7-13(12)26-14)28(23,24)15-8-10-27-16(15)18(22)25-2/h4-8,10,14H,3,9,11H2,1-2H3,(H,19,21). The molecule has 0 saturated heterocycles. The predicted octanol–water partition coefficient (Wildman–Crippen LogP) is 2.02. The van der Waals surface area contributed by atoms with Gasteiger partial charge in [0.15, 0.2) is 6.10 Å². The predicted molar refractivity (Wildman–Crippen MR) is 104 cm³/mol. The largest absolute Gasteiger partial charge is 0.476 e. The summed E-state index contributed by atoms with van der Waals surface area (Å²) in [6.45, 7) is 2.18. The summed E-state index contributed by atoms with van der Waals surface area (Å²) in [6.07, 6.45) is -0.259. The van der Waals surface area contributed by atoms with Crippen LogP contribution < -0.4 is 14.4 Å². The fourth-order valence-electron chi connectivity index (χ4n) is 2.79. The van der Waals surface area contributed by atoms with Crippen molar-refractivity contribution in [2.75, 3.05) is 24.5 Å². The monoisotopic (exact) mass is 424 g/mol. The number of anilines is 1. The van der Waals surface area contributed by atoms with Gasteiger partial charge in [-0.1, -0.05) is 19.1 Å². The Hall–Kier alpha value is -2.59. The first-order chi connectivity index (χ1) is 13.4. The molecule has 2 aromatic rings. The lowest BCUT2D eigenvalue weighted by Gasteiger charge is -2.34. The van der Waals surface area contributed by atoms with Crippen LogP contribution in [0.3, 0.4) is 0 Å². The van der Waals surface area contributed by atoms with Crippen molar-refractivity contribution in [2.24, 2.45) is 0 Å². The molecule has 0 spiro atoms. The summed E-state index contributed by atoms with van der Waals surface area (Å²) in [6, 6.07) is 7.93. The van der Waals surface area contributed by atoms with E-state index in [2.05, 4.69) is 5.32 Å². The maximum absolute atomic E-state index is 13.4. The molecule has 1 aromatic heterocycles. The topological polar surface area (TPSA) is 102 Å². The van der Waals surface area contributed by atoms with Crippen molar-refractivity contribution >= 4 is 38.9 Å². The molecule has 3 rings (SSSR count). The molecule has 1 amide bonds. The number of amides is 1. The average Bonchev–Trinajstić information content (AvgIpc) is 3.21. The van der Waals surface area contributed by atoms with E-state index < -0.39 is 28.0 Å². The van der Waals surface area contributed by atoms with Gasteiger partial charge in [-0.05, 0) is 30.0 Å². The van der Waals surface area contributed by atoms with Crippen LogP contribution >= 0.6 is 11.3 Å². The number of esters is 1. The second-order valence-corrected chi connectivity index (χ2v) is 8.75. The number of thiophene rings is 1. The molecule has 8 nitrogen and oxygen atoms in total. The number of carbonyl (C=O) groups excluding carboxylic acids is 2. The fraction of sp³-hybridized carbons (Fsp3) is 0.333. The number of hydrogen-bond acceptors (Lipinski definition) is 7. The van der Waals surface area contributed by atoms with Crippen LogP contribution in [-0.4, -0.2) is 46.6 Å². The van der Waals surface area contributed by atoms with Gasteiger partial charge in [-0.25, -0.2) is 13.2 Å². The van der Waals surface area contributed by atoms with E-state index in [1.54, 1.807) is 24.3 Å². The highest BCUT2D eigenvalue weighted by Crippen LogP contribution is 2.38. The molecule has 1 aromatic carbocycles. The normalized spacial score (nSPS) is 16.1. The Morgan fingerprint density at radius 3 is 2.79 bits per heavy atom. The molecule has 0 radical (unpaired) electrons. The third-order valence-corrected chi connectivity index (χ3v) is 6.99. The molecule has 1 unspecified atom stereocenters. The summed E-state index contributed by atoms with van der Waals surface area (Å²) in [7, 11) is -2.93. The number of nitrogens with zero attached hydrogens (tertiary/aromatic N) is 1. The zero-order valence-corrected chi connectivity index (χ0v) is 17.0. The Balaban J connectivity index is 2.03. The summed E-state index contributed by atoms with van der Waals surface area (Å²) >= 11 is 0.982. The van der Waals surface area contributed by atoms with Crippen LogP contribution in [0.4, 0.5) is 5.69 Å². The van der Waals surface area contributed by atoms with Crippen molar-refractivity contribution in [3.05, 3.63) is 40.6 Å². The van der Waals surface area contributed by atoms with Crippen molar-refractivity contribution in [2.45, 2.75) is 24.3 Å². The zero-order valence-electron chi connectivity index (χ0n) is 15.4. The molecule has 0 bridgehead atoms. The first-order valence-electron chi connectivity index (χ1n) is 8.62. The highest BCUT2D eigenvalue weighted by Gasteiger charge is 2.39. The number of benzene rings is 1. The zero-order chi connectivity index (χ0) is 20.3. The Kier molecular flexibility index (Phi) is 5.90. The quantitative estimate of drug-likeness (QED) is 0.712. The Morgan fingerprint density at radius 1 is 1.32 bits per heavy atom. The smallest absolute Gasteiger partial charge is 0.349 e. The molecular weight excluding hydrogens is 404 g/mol. The van der Waals surface area contributed by atoms with Gasteiger partial charge in [-0.3, -0.25) is 9.10 Å². The van der Waals surface area contributed by atoms with Gasteiger partial charge in [0.2, 0.25) is 0 Å². The lowest BCUT2D eigenvalue weighted by Crippen LogP contribution is -2.50. The van der Waals surface area contributed by atoms with Crippen LogP contribution in [0.2, 0.25) is 0 Å². The van der Waals surface area contributed by atoms with Gasteiger partial charge in [0, 0.05) is 6.54 Å². The Bertz CT molecular complexity index is 985. The van der Waals surface area contributed by atoms with Gasteiger partial charge in [-0.15, -0.1) is 11.3 Å².